The largest absolute Gasteiger partial charge is 0.545 e. The first-order valence-corrected chi connectivity index (χ1v) is 8.38. The number of carboxylic acid groups (broad SMARTS) is 1. The van der Waals surface area contributed by atoms with Gasteiger partial charge in [-0.2, -0.15) is 5.26 Å². The minimum absolute atomic E-state index is 0.0649. The number of rotatable bonds is 5. The summed E-state index contributed by atoms with van der Waals surface area (Å²) in [5, 5.41) is 22.8. The van der Waals surface area contributed by atoms with Gasteiger partial charge in [-0.25, -0.2) is 0 Å². The number of nitriles is 1. The van der Waals surface area contributed by atoms with Gasteiger partial charge in [0.1, 0.15) is 23.2 Å². The van der Waals surface area contributed by atoms with E-state index >= 15 is 0 Å². The average Bonchev–Trinajstić information content (AvgIpc) is 3.16. The van der Waals surface area contributed by atoms with E-state index in [0.29, 0.717) is 22.8 Å². The van der Waals surface area contributed by atoms with Crippen molar-refractivity contribution in [2.45, 2.75) is 6.92 Å². The summed E-state index contributed by atoms with van der Waals surface area (Å²) in [6.45, 7) is 1.86. The van der Waals surface area contributed by atoms with Crippen molar-refractivity contribution in [3.05, 3.63) is 83.1 Å². The van der Waals surface area contributed by atoms with Crippen LogP contribution in [0.3, 0.4) is 0 Å². The Morgan fingerprint density at radius 2 is 1.79 bits per heavy atom. The first-order chi connectivity index (χ1) is 13.5. The summed E-state index contributed by atoms with van der Waals surface area (Å²) < 4.78 is 5.66. The molecule has 0 aliphatic rings. The number of aromatic carboxylic acids is 1. The van der Waals surface area contributed by atoms with Gasteiger partial charge in [-0.15, -0.1) is 0 Å². The molecule has 1 N–H and O–H groups in total. The molecule has 1 amide bonds. The maximum absolute atomic E-state index is 12.4. The molecule has 0 aliphatic carbocycles. The average molecular weight is 371 g/mol. The molecule has 28 heavy (non-hydrogen) atoms. The van der Waals surface area contributed by atoms with E-state index < -0.39 is 11.9 Å². The Labute approximate surface area is 161 Å². The molecule has 1 heterocycles. The zero-order valence-electron chi connectivity index (χ0n) is 14.9. The highest BCUT2D eigenvalue weighted by atomic mass is 16.4. The van der Waals surface area contributed by atoms with Crippen molar-refractivity contribution >= 4 is 23.6 Å². The monoisotopic (exact) mass is 371 g/mol. The fraction of sp³-hybridized carbons (Fsp3) is 0.0455. The van der Waals surface area contributed by atoms with E-state index in [0.717, 1.165) is 5.56 Å². The quantitative estimate of drug-likeness (QED) is 0.548. The van der Waals surface area contributed by atoms with E-state index in [1.165, 1.54) is 18.2 Å². The van der Waals surface area contributed by atoms with Crippen molar-refractivity contribution in [3.8, 4) is 17.4 Å². The number of para-hydroxylation sites is 1. The molecule has 1 aromatic heterocycles. The number of anilines is 1. The molecule has 6 heteroatoms. The molecule has 0 bridgehead atoms. The molecule has 0 radical (unpaired) electrons. The Morgan fingerprint density at radius 3 is 2.43 bits per heavy atom. The topological polar surface area (TPSA) is 106 Å². The minimum atomic E-state index is -1.26. The van der Waals surface area contributed by atoms with Crippen molar-refractivity contribution in [2.75, 3.05) is 5.32 Å². The van der Waals surface area contributed by atoms with Crippen molar-refractivity contribution in [2.24, 2.45) is 0 Å². The summed E-state index contributed by atoms with van der Waals surface area (Å²) in [4.78, 5) is 23.2. The lowest BCUT2D eigenvalue weighted by Crippen LogP contribution is -2.21. The standard InChI is InChI=1S/C22H16N2O4/c1-14-4-2-3-5-19(14)24-21(25)17(13-23)12-18-10-11-20(28-18)15-6-8-16(9-7-15)22(26)27/h2-12H,1H3,(H,24,25)(H,26,27)/p-1/b17-12+. The molecule has 0 unspecified atom stereocenters. The Hall–Kier alpha value is -4.11. The Bertz CT molecular complexity index is 1100. The van der Waals surface area contributed by atoms with E-state index in [1.807, 2.05) is 25.1 Å². The Morgan fingerprint density at radius 1 is 1.07 bits per heavy atom. The minimum Gasteiger partial charge on any atom is -0.545 e. The second kappa shape index (κ2) is 8.06. The van der Waals surface area contributed by atoms with Crippen LogP contribution in [0.2, 0.25) is 0 Å². The molecule has 0 aliphatic heterocycles. The zero-order valence-corrected chi connectivity index (χ0v) is 14.9. The summed E-state index contributed by atoms with van der Waals surface area (Å²) >= 11 is 0. The predicted molar refractivity (Wildman–Crippen MR) is 102 cm³/mol. The van der Waals surface area contributed by atoms with Gasteiger partial charge >= 0.3 is 0 Å². The summed E-state index contributed by atoms with van der Waals surface area (Å²) in [5.74, 6) is -0.982. The van der Waals surface area contributed by atoms with Crippen LogP contribution in [0.1, 0.15) is 21.7 Å². The predicted octanol–water partition coefficient (Wildman–Crippen LogP) is 3.16. The second-order valence-electron chi connectivity index (χ2n) is 6.01. The maximum atomic E-state index is 12.4. The first-order valence-electron chi connectivity index (χ1n) is 8.38. The van der Waals surface area contributed by atoms with Crippen LogP contribution in [0.25, 0.3) is 17.4 Å². The molecule has 6 nitrogen and oxygen atoms in total. The van der Waals surface area contributed by atoms with Gasteiger partial charge < -0.3 is 19.6 Å². The molecule has 0 atom stereocenters. The number of furan rings is 1. The molecule has 3 aromatic rings. The number of hydrogen-bond acceptors (Lipinski definition) is 5. The van der Waals surface area contributed by atoms with Gasteiger partial charge in [0.2, 0.25) is 0 Å². The molecule has 0 spiro atoms. The highest BCUT2D eigenvalue weighted by molar-refractivity contribution is 6.09. The summed E-state index contributed by atoms with van der Waals surface area (Å²) in [7, 11) is 0. The molecule has 0 saturated heterocycles. The molecule has 0 fully saturated rings. The first kappa shape index (κ1) is 18.7. The second-order valence-corrected chi connectivity index (χ2v) is 6.01. The van der Waals surface area contributed by atoms with Crippen LogP contribution in [0.15, 0.2) is 70.7 Å². The van der Waals surface area contributed by atoms with E-state index in [-0.39, 0.29) is 11.1 Å². The molecular formula is C22H15N2O4-. The van der Waals surface area contributed by atoms with Crippen LogP contribution >= 0.6 is 0 Å². The van der Waals surface area contributed by atoms with Crippen LogP contribution in [-0.2, 0) is 4.79 Å². The van der Waals surface area contributed by atoms with Gasteiger partial charge in [-0.3, -0.25) is 4.79 Å². The molecule has 0 saturated carbocycles. The lowest BCUT2D eigenvalue weighted by Gasteiger charge is -2.06. The normalized spacial score (nSPS) is 10.9. The number of carbonyl (C=O) groups excluding carboxylic acids is 2. The molecule has 2 aromatic carbocycles. The number of benzene rings is 2. The van der Waals surface area contributed by atoms with Crippen molar-refractivity contribution in [1.82, 2.24) is 0 Å². The van der Waals surface area contributed by atoms with E-state index in [2.05, 4.69) is 5.32 Å². The number of carbonyl (C=O) groups is 2. The highest BCUT2D eigenvalue weighted by Crippen LogP contribution is 2.24. The third-order valence-electron chi connectivity index (χ3n) is 4.08. The fourth-order valence-corrected chi connectivity index (χ4v) is 2.55. The van der Waals surface area contributed by atoms with Crippen LogP contribution in [0.5, 0.6) is 0 Å². The third-order valence-corrected chi connectivity index (χ3v) is 4.08. The highest BCUT2D eigenvalue weighted by Gasteiger charge is 2.12. The van der Waals surface area contributed by atoms with Crippen molar-refractivity contribution < 1.29 is 19.1 Å². The molecular weight excluding hydrogens is 356 g/mol. The van der Waals surface area contributed by atoms with Gasteiger partial charge in [0, 0.05) is 17.3 Å². The zero-order chi connectivity index (χ0) is 20.1. The smallest absolute Gasteiger partial charge is 0.266 e. The van der Waals surface area contributed by atoms with Gasteiger partial charge in [0.25, 0.3) is 5.91 Å². The Kier molecular flexibility index (Phi) is 5.38. The van der Waals surface area contributed by atoms with E-state index in [9.17, 15) is 20.0 Å². The summed E-state index contributed by atoms with van der Waals surface area (Å²) in [6.07, 6.45) is 1.35. The maximum Gasteiger partial charge on any atom is 0.266 e. The van der Waals surface area contributed by atoms with E-state index in [1.54, 1.807) is 36.4 Å². The number of carboxylic acids is 1. The summed E-state index contributed by atoms with van der Waals surface area (Å²) in [6, 6.07) is 18.5. The van der Waals surface area contributed by atoms with Gasteiger partial charge in [0.15, 0.2) is 0 Å². The van der Waals surface area contributed by atoms with Crippen LogP contribution < -0.4 is 10.4 Å². The summed E-state index contributed by atoms with van der Waals surface area (Å²) in [5.41, 5.74) is 2.13. The SMILES string of the molecule is Cc1ccccc1NC(=O)/C(C#N)=C/c1ccc(-c2ccc(C(=O)[O-])cc2)o1. The van der Waals surface area contributed by atoms with Crippen LogP contribution in [0, 0.1) is 18.3 Å². The number of nitrogens with one attached hydrogen (secondary N) is 1. The lowest BCUT2D eigenvalue weighted by molar-refractivity contribution is -0.255. The van der Waals surface area contributed by atoms with Crippen LogP contribution in [0.4, 0.5) is 5.69 Å². The van der Waals surface area contributed by atoms with Crippen LogP contribution in [-0.4, -0.2) is 11.9 Å². The van der Waals surface area contributed by atoms with E-state index in [4.69, 9.17) is 4.42 Å². The molecule has 3 rings (SSSR count). The lowest BCUT2D eigenvalue weighted by atomic mass is 10.1. The van der Waals surface area contributed by atoms with Gasteiger partial charge in [-0.05, 0) is 36.2 Å². The van der Waals surface area contributed by atoms with Crippen molar-refractivity contribution in [1.29, 1.82) is 5.26 Å². The number of amides is 1. The number of aryl methyl sites for hydroxylation is 1. The fourth-order valence-electron chi connectivity index (χ4n) is 2.55. The van der Waals surface area contributed by atoms with Gasteiger partial charge in [-0.1, -0.05) is 42.5 Å². The molecule has 138 valence electrons. The Balaban J connectivity index is 1.80. The van der Waals surface area contributed by atoms with Gasteiger partial charge in [0.05, 0.1) is 5.97 Å². The third kappa shape index (κ3) is 4.17. The van der Waals surface area contributed by atoms with Crippen molar-refractivity contribution in [3.63, 3.8) is 0 Å². The number of nitrogens with zero attached hydrogens (tertiary/aromatic N) is 1. The number of hydrogen-bond donors (Lipinski definition) is 1.